The molecular formula is C24H42O7. The number of carbonyl (C=O) groups is 3. The fourth-order valence-electron chi connectivity index (χ4n) is 3.14. The number of ketones is 1. The van der Waals surface area contributed by atoms with Crippen LogP contribution in [0.4, 0.5) is 0 Å². The van der Waals surface area contributed by atoms with Gasteiger partial charge >= 0.3 is 11.9 Å². The van der Waals surface area contributed by atoms with E-state index in [1.54, 1.807) is 13.8 Å². The van der Waals surface area contributed by atoms with Crippen molar-refractivity contribution in [1.29, 1.82) is 0 Å². The van der Waals surface area contributed by atoms with Gasteiger partial charge in [0.2, 0.25) is 0 Å². The smallest absolute Gasteiger partial charge is 0.303 e. The molecule has 0 aromatic carbocycles. The second-order valence-corrected chi connectivity index (χ2v) is 7.84. The maximum Gasteiger partial charge on any atom is 0.303 e. The zero-order chi connectivity index (χ0) is 23.5. The van der Waals surface area contributed by atoms with Gasteiger partial charge < -0.3 is 19.7 Å². The first-order valence-corrected chi connectivity index (χ1v) is 11.8. The molecule has 180 valence electrons. The summed E-state index contributed by atoms with van der Waals surface area (Å²) in [6.07, 6.45) is 14.3. The maximum absolute atomic E-state index is 11.6. The molecule has 0 spiro atoms. The molecule has 1 aliphatic carbocycles. The average molecular weight is 443 g/mol. The van der Waals surface area contributed by atoms with Gasteiger partial charge in [0.1, 0.15) is 5.78 Å². The molecule has 2 fully saturated rings. The van der Waals surface area contributed by atoms with E-state index in [2.05, 4.69) is 13.0 Å². The van der Waals surface area contributed by atoms with E-state index < -0.39 is 11.9 Å². The third kappa shape index (κ3) is 16.5. The number of carbonyl (C=O) groups excluding carboxylic acids is 1. The summed E-state index contributed by atoms with van der Waals surface area (Å²) in [4.78, 5) is 30.3. The van der Waals surface area contributed by atoms with Crippen LogP contribution in [0.25, 0.3) is 0 Å². The van der Waals surface area contributed by atoms with E-state index in [1.165, 1.54) is 32.1 Å². The van der Waals surface area contributed by atoms with Crippen molar-refractivity contribution in [2.75, 3.05) is 6.61 Å². The van der Waals surface area contributed by atoms with Crippen molar-refractivity contribution in [2.45, 2.75) is 111 Å². The summed E-state index contributed by atoms with van der Waals surface area (Å²) in [5.41, 5.74) is 0. The third-order valence-electron chi connectivity index (χ3n) is 5.06. The molecule has 0 aromatic rings. The zero-order valence-electron chi connectivity index (χ0n) is 19.6. The van der Waals surface area contributed by atoms with Crippen LogP contribution in [0, 0.1) is 5.92 Å². The summed E-state index contributed by atoms with van der Waals surface area (Å²) in [5, 5.41) is 15.4. The lowest BCUT2D eigenvalue weighted by molar-refractivity contribution is -0.144. The maximum atomic E-state index is 11.6. The molecular weight excluding hydrogens is 400 g/mol. The largest absolute Gasteiger partial charge is 0.481 e. The van der Waals surface area contributed by atoms with E-state index in [-0.39, 0.29) is 19.1 Å². The van der Waals surface area contributed by atoms with Gasteiger partial charge in [0, 0.05) is 38.0 Å². The number of carboxylic acid groups (broad SMARTS) is 2. The number of aliphatic carboxylic acids is 2. The Morgan fingerprint density at radius 3 is 2.13 bits per heavy atom. The molecule has 2 unspecified atom stereocenters. The first kappa shape index (κ1) is 29.1. The molecule has 2 rings (SSSR count). The van der Waals surface area contributed by atoms with Crippen molar-refractivity contribution in [1.82, 2.24) is 0 Å². The van der Waals surface area contributed by atoms with Crippen LogP contribution in [0.15, 0.2) is 11.8 Å². The Balaban J connectivity index is 0.000000752. The zero-order valence-corrected chi connectivity index (χ0v) is 19.6. The van der Waals surface area contributed by atoms with Crippen LogP contribution in [0.3, 0.4) is 0 Å². The van der Waals surface area contributed by atoms with Crippen LogP contribution in [0.2, 0.25) is 0 Å². The monoisotopic (exact) mass is 442 g/mol. The van der Waals surface area contributed by atoms with Crippen molar-refractivity contribution in [3.8, 4) is 0 Å². The fraction of sp³-hybridized carbons (Fsp3) is 0.792. The molecule has 0 amide bonds. The minimum Gasteiger partial charge on any atom is -0.481 e. The Morgan fingerprint density at radius 2 is 1.68 bits per heavy atom. The van der Waals surface area contributed by atoms with Crippen molar-refractivity contribution in [2.24, 2.45) is 5.92 Å². The summed E-state index contributed by atoms with van der Waals surface area (Å²) in [5.74, 6) is 0.221. The molecule has 2 N–H and O–H groups in total. The van der Waals surface area contributed by atoms with Crippen LogP contribution in [-0.2, 0) is 23.9 Å². The molecule has 1 saturated heterocycles. The third-order valence-corrected chi connectivity index (χ3v) is 5.06. The van der Waals surface area contributed by atoms with E-state index in [4.69, 9.17) is 19.7 Å². The van der Waals surface area contributed by atoms with E-state index in [9.17, 15) is 14.4 Å². The highest BCUT2D eigenvalue weighted by atomic mass is 16.7. The van der Waals surface area contributed by atoms with Crippen LogP contribution >= 0.6 is 0 Å². The number of carboxylic acids is 2. The minimum absolute atomic E-state index is 0.0867. The molecule has 7 nitrogen and oxygen atoms in total. The van der Waals surface area contributed by atoms with E-state index in [1.807, 2.05) is 0 Å². The number of ether oxygens (including phenoxy) is 2. The van der Waals surface area contributed by atoms with Gasteiger partial charge in [-0.15, -0.1) is 0 Å². The number of hydrogen-bond donors (Lipinski definition) is 2. The second kappa shape index (κ2) is 18.8. The Morgan fingerprint density at radius 1 is 1.03 bits per heavy atom. The number of rotatable bonds is 10. The lowest BCUT2D eigenvalue weighted by atomic mass is 10.0. The standard InChI is InChI=1S/C18H30O3.2C3H6O2/c1-2-3-4-5-6-9-17(15-11-12-16(19)14-15)21-18-10-7-8-13-20-18;2*1-2-3(4)5/h9,15,18H,2-8,10-14H2,1H3;2*2H2,1H3,(H,4,5). The Kier molecular flexibility index (Phi) is 17.7. The summed E-state index contributed by atoms with van der Waals surface area (Å²) >= 11 is 0. The SMILES string of the molecule is CCC(=O)O.CCC(=O)O.CCCCCCC=C(OC1CCCCO1)C1CCC(=O)C1. The molecule has 1 aliphatic heterocycles. The molecule has 0 aromatic heterocycles. The summed E-state index contributed by atoms with van der Waals surface area (Å²) in [7, 11) is 0. The number of allylic oxidation sites excluding steroid dienone is 2. The number of Topliss-reactive ketones (excluding diaryl/α,β-unsaturated/α-hetero) is 1. The normalized spacial score (nSPS) is 20.7. The molecule has 1 saturated carbocycles. The van der Waals surface area contributed by atoms with Gasteiger partial charge in [-0.1, -0.05) is 40.0 Å². The van der Waals surface area contributed by atoms with Gasteiger partial charge in [0.05, 0.1) is 12.4 Å². The lowest BCUT2D eigenvalue weighted by Crippen LogP contribution is -2.23. The summed E-state index contributed by atoms with van der Waals surface area (Å²) in [6, 6.07) is 0. The van der Waals surface area contributed by atoms with E-state index >= 15 is 0 Å². The van der Waals surface area contributed by atoms with Crippen molar-refractivity contribution >= 4 is 17.7 Å². The van der Waals surface area contributed by atoms with Gasteiger partial charge in [-0.25, -0.2) is 0 Å². The van der Waals surface area contributed by atoms with Crippen LogP contribution in [0.1, 0.15) is 104 Å². The van der Waals surface area contributed by atoms with Gasteiger partial charge in [-0.05, 0) is 38.2 Å². The molecule has 7 heteroatoms. The Bertz CT molecular complexity index is 522. The van der Waals surface area contributed by atoms with Crippen LogP contribution in [0.5, 0.6) is 0 Å². The van der Waals surface area contributed by atoms with Crippen molar-refractivity contribution in [3.63, 3.8) is 0 Å². The van der Waals surface area contributed by atoms with Gasteiger partial charge in [-0.2, -0.15) is 0 Å². The predicted octanol–water partition coefficient (Wildman–Crippen LogP) is 5.72. The average Bonchev–Trinajstić information content (AvgIpc) is 3.20. The molecule has 2 aliphatic rings. The highest BCUT2D eigenvalue weighted by Gasteiger charge is 2.28. The van der Waals surface area contributed by atoms with Gasteiger partial charge in [0.25, 0.3) is 0 Å². The molecule has 31 heavy (non-hydrogen) atoms. The van der Waals surface area contributed by atoms with Crippen molar-refractivity contribution < 1.29 is 34.1 Å². The van der Waals surface area contributed by atoms with Gasteiger partial charge in [-0.3, -0.25) is 14.4 Å². The van der Waals surface area contributed by atoms with Gasteiger partial charge in [0.15, 0.2) is 6.29 Å². The second-order valence-electron chi connectivity index (χ2n) is 7.84. The Hall–Kier alpha value is -1.89. The topological polar surface area (TPSA) is 110 Å². The number of unbranched alkanes of at least 4 members (excludes halogenated alkanes) is 4. The van der Waals surface area contributed by atoms with E-state index in [0.29, 0.717) is 24.5 Å². The summed E-state index contributed by atoms with van der Waals surface area (Å²) in [6.45, 7) is 6.23. The predicted molar refractivity (Wildman–Crippen MR) is 120 cm³/mol. The van der Waals surface area contributed by atoms with Crippen LogP contribution < -0.4 is 0 Å². The Labute approximate surface area is 187 Å². The fourth-order valence-corrected chi connectivity index (χ4v) is 3.14. The highest BCUT2D eigenvalue weighted by Crippen LogP contribution is 2.32. The molecule has 2 atom stereocenters. The first-order valence-electron chi connectivity index (χ1n) is 11.8. The highest BCUT2D eigenvalue weighted by molar-refractivity contribution is 5.81. The van der Waals surface area contributed by atoms with Crippen molar-refractivity contribution in [3.05, 3.63) is 11.8 Å². The minimum atomic E-state index is -0.745. The molecule has 1 heterocycles. The molecule has 0 radical (unpaired) electrons. The van der Waals surface area contributed by atoms with E-state index in [0.717, 1.165) is 38.0 Å². The lowest BCUT2D eigenvalue weighted by Gasteiger charge is -2.27. The van der Waals surface area contributed by atoms with Crippen LogP contribution in [-0.4, -0.2) is 40.8 Å². The summed E-state index contributed by atoms with van der Waals surface area (Å²) < 4.78 is 11.8. The molecule has 0 bridgehead atoms. The quantitative estimate of drug-likeness (QED) is 0.329. The first-order chi connectivity index (χ1) is 14.8. The number of hydrogen-bond acceptors (Lipinski definition) is 5.